The summed E-state index contributed by atoms with van der Waals surface area (Å²) in [5.74, 6) is 0. The van der Waals surface area contributed by atoms with E-state index in [2.05, 4.69) is 0 Å². The van der Waals surface area contributed by atoms with Gasteiger partial charge in [0.15, 0.2) is 0 Å². The molecule has 0 aromatic rings. The summed E-state index contributed by atoms with van der Waals surface area (Å²) in [5, 5.41) is 8.60. The quantitative estimate of drug-likeness (QED) is 0.602. The molecule has 3 nitrogen and oxygen atoms in total. The molecule has 10 heavy (non-hydrogen) atoms. The van der Waals surface area contributed by atoms with E-state index in [1.54, 1.807) is 6.26 Å². The molecule has 4 heteroatoms. The molecule has 1 aliphatic rings. The fraction of sp³-hybridized carbons (Fsp3) is 1.00. The van der Waals surface area contributed by atoms with Gasteiger partial charge in [-0.2, -0.15) is 0 Å². The molecular formula is C6H12O3S. The van der Waals surface area contributed by atoms with Crippen molar-refractivity contribution in [2.45, 2.75) is 17.8 Å². The van der Waals surface area contributed by atoms with E-state index in [0.29, 0.717) is 6.42 Å². The van der Waals surface area contributed by atoms with E-state index in [1.165, 1.54) is 0 Å². The monoisotopic (exact) mass is 166 g/mol. The van der Waals surface area contributed by atoms with Crippen LogP contribution in [0.5, 0.6) is 0 Å². The molecule has 0 aliphatic carbocycles. The molecule has 4 atom stereocenters. The van der Waals surface area contributed by atoms with Gasteiger partial charge in [-0.25, -0.2) is 0 Å². The van der Waals surface area contributed by atoms with E-state index in [-0.39, 0.29) is 11.9 Å². The van der Waals surface area contributed by atoms with Crippen molar-refractivity contribution < 1.29 is 15.4 Å². The van der Waals surface area contributed by atoms with Gasteiger partial charge in [-0.05, 0) is 6.42 Å². The van der Waals surface area contributed by atoms with Crippen LogP contribution in [0.4, 0.5) is 0 Å². The van der Waals surface area contributed by atoms with Gasteiger partial charge < -0.3 is 9.84 Å². The lowest BCUT2D eigenvalue weighted by atomic mass is 10.2. The molecule has 0 bridgehead atoms. The summed E-state index contributed by atoms with van der Waals surface area (Å²) in [5.41, 5.74) is 0. The molecule has 0 amide bonds. The normalized spacial score (nSPS) is 45.0. The summed E-state index contributed by atoms with van der Waals surface area (Å²) >= 11 is 0. The van der Waals surface area contributed by atoms with E-state index >= 15 is 0 Å². The van der Waals surface area contributed by atoms with Crippen LogP contribution in [0.25, 0.3) is 0 Å². The minimum Gasteiger partial charge on any atom is -0.394 e. The lowest BCUT2D eigenvalue weighted by molar-refractivity contribution is 0.0607. The molecule has 1 N–H and O–H groups in total. The van der Waals surface area contributed by atoms with Crippen LogP contribution in [-0.4, -0.2) is 40.1 Å². The summed E-state index contributed by atoms with van der Waals surface area (Å²) in [4.78, 5) is 0. The Kier molecular flexibility index (Phi) is 2.34. The molecule has 0 saturated carbocycles. The zero-order chi connectivity index (χ0) is 8.43. The minimum absolute atomic E-state index is 0.139. The Morgan fingerprint density at radius 3 is 3.10 bits per heavy atom. The Bertz CT molecular complexity index is 164. The largest absolute Gasteiger partial charge is 0.394 e. The smallest absolute Gasteiger partial charge is 0.0949 e. The Morgan fingerprint density at radius 1 is 2.00 bits per heavy atom. The molecule has 2 unspecified atom stereocenters. The number of aliphatic hydroxyl groups is 1. The molecule has 0 spiro atoms. The molecule has 0 aromatic heterocycles. The maximum absolute atomic E-state index is 11.0. The van der Waals surface area contributed by atoms with Crippen molar-refractivity contribution >= 4 is 10.8 Å². The average Bonchev–Trinajstić information content (AvgIpc) is 2.30. The maximum Gasteiger partial charge on any atom is 0.0949 e. The first-order chi connectivity index (χ1) is 5.15. The van der Waals surface area contributed by atoms with Gasteiger partial charge in [-0.15, -0.1) is 0 Å². The van der Waals surface area contributed by atoms with Gasteiger partial charge in [-0.3, -0.25) is 4.21 Å². The van der Waals surface area contributed by atoms with Crippen molar-refractivity contribution in [2.24, 2.45) is 0 Å². The van der Waals surface area contributed by atoms with Crippen molar-refractivity contribution in [3.63, 3.8) is 0 Å². The number of rotatable bonds is 2. The van der Waals surface area contributed by atoms with E-state index in [4.69, 9.17) is 11.2 Å². The third-order valence-electron chi connectivity index (χ3n) is 1.62. The molecule has 1 rings (SSSR count). The van der Waals surface area contributed by atoms with Crippen LogP contribution in [0, 0.1) is 0 Å². The zero-order valence-corrected chi connectivity index (χ0v) is 6.63. The molecule has 1 heterocycles. The second kappa shape index (κ2) is 3.46. The third-order valence-corrected chi connectivity index (χ3v) is 2.97. The molecule has 1 saturated heterocycles. The molecule has 1 aliphatic heterocycles. The van der Waals surface area contributed by atoms with Gasteiger partial charge in [0.1, 0.15) is 0 Å². The average molecular weight is 166 g/mol. The highest BCUT2D eigenvalue weighted by Crippen LogP contribution is 2.17. The Hall–Kier alpha value is 0.0700. The summed E-state index contributed by atoms with van der Waals surface area (Å²) in [6.45, 7) is -0.749. The second-order valence-electron chi connectivity index (χ2n) is 2.30. The van der Waals surface area contributed by atoms with E-state index in [9.17, 15) is 4.21 Å². The van der Waals surface area contributed by atoms with Crippen molar-refractivity contribution in [3.8, 4) is 0 Å². The first kappa shape index (κ1) is 6.76. The van der Waals surface area contributed by atoms with Crippen LogP contribution in [0.3, 0.4) is 0 Å². The highest BCUT2D eigenvalue weighted by Gasteiger charge is 2.30. The molecule has 60 valence electrons. The van der Waals surface area contributed by atoms with Gasteiger partial charge in [0.05, 0.1) is 19.3 Å². The van der Waals surface area contributed by atoms with Crippen molar-refractivity contribution in [2.75, 3.05) is 19.4 Å². The minimum atomic E-state index is -0.997. The highest BCUT2D eigenvalue weighted by molar-refractivity contribution is 7.85. The topological polar surface area (TPSA) is 46.5 Å². The van der Waals surface area contributed by atoms with Crippen LogP contribution in [0.1, 0.15) is 7.79 Å². The van der Waals surface area contributed by atoms with Gasteiger partial charge in [-0.1, -0.05) is 0 Å². The third kappa shape index (κ3) is 1.56. The predicted molar refractivity (Wildman–Crippen MR) is 39.3 cm³/mol. The van der Waals surface area contributed by atoms with Crippen molar-refractivity contribution in [1.29, 1.82) is 0 Å². The summed E-state index contributed by atoms with van der Waals surface area (Å²) in [7, 11) is -0.997. The SMILES string of the molecule is [3H][C@H]1CC(S(C)=O)[C@@H](CO)O1. The maximum atomic E-state index is 11.0. The van der Waals surface area contributed by atoms with Crippen LogP contribution in [0.15, 0.2) is 0 Å². The molecule has 0 aromatic carbocycles. The van der Waals surface area contributed by atoms with Crippen LogP contribution >= 0.6 is 0 Å². The number of ether oxygens (including phenoxy) is 1. The van der Waals surface area contributed by atoms with Crippen molar-refractivity contribution in [3.05, 3.63) is 0 Å². The van der Waals surface area contributed by atoms with Crippen LogP contribution < -0.4 is 0 Å². The number of hydrogen-bond acceptors (Lipinski definition) is 3. The molecule has 1 fully saturated rings. The summed E-state index contributed by atoms with van der Waals surface area (Å²) in [6, 6.07) is 0. The molecular weight excluding hydrogens is 152 g/mol. The van der Waals surface area contributed by atoms with Gasteiger partial charge in [0, 0.05) is 23.6 Å². The Labute approximate surface area is 64.2 Å². The van der Waals surface area contributed by atoms with Gasteiger partial charge in [0.2, 0.25) is 0 Å². The van der Waals surface area contributed by atoms with Crippen LogP contribution in [-0.2, 0) is 15.5 Å². The predicted octanol–water partition coefficient (Wildman–Crippen LogP) is -0.485. The Balaban J connectivity index is 2.57. The highest BCUT2D eigenvalue weighted by atomic mass is 32.2. The first-order valence-electron chi connectivity index (χ1n) is 3.73. The second-order valence-corrected chi connectivity index (χ2v) is 3.90. The lowest BCUT2D eigenvalue weighted by Gasteiger charge is -2.12. The van der Waals surface area contributed by atoms with Gasteiger partial charge >= 0.3 is 0 Å². The summed E-state index contributed by atoms with van der Waals surface area (Å²) in [6.07, 6.45) is 1.65. The molecule has 0 radical (unpaired) electrons. The fourth-order valence-corrected chi connectivity index (χ4v) is 1.95. The zero-order valence-electron chi connectivity index (χ0n) is 6.82. The fourth-order valence-electron chi connectivity index (χ4n) is 1.02. The lowest BCUT2D eigenvalue weighted by Crippen LogP contribution is -2.28. The van der Waals surface area contributed by atoms with Gasteiger partial charge in [0.25, 0.3) is 0 Å². The Morgan fingerprint density at radius 2 is 2.70 bits per heavy atom. The number of aliphatic hydroxyl groups excluding tert-OH is 1. The van der Waals surface area contributed by atoms with E-state index in [1.807, 2.05) is 0 Å². The standard InChI is InChI=1S/C6H12O3S/c1-10(8)6-2-3-9-5(6)4-7/h5-7H,2-4H2,1H3/t5-,6?,10?/m1/s1/i3T/t3-,5+,6?,10?/m0. The van der Waals surface area contributed by atoms with Crippen LogP contribution in [0.2, 0.25) is 0 Å². The number of hydrogen-bond donors (Lipinski definition) is 1. The van der Waals surface area contributed by atoms with Crippen molar-refractivity contribution in [1.82, 2.24) is 0 Å². The summed E-state index contributed by atoms with van der Waals surface area (Å²) < 4.78 is 23.2. The van der Waals surface area contributed by atoms with E-state index < -0.39 is 23.5 Å². The van der Waals surface area contributed by atoms with E-state index in [0.717, 1.165) is 0 Å². The first-order valence-corrected chi connectivity index (χ1v) is 4.78.